The van der Waals surface area contributed by atoms with E-state index in [4.69, 9.17) is 16.7 Å². The molecule has 8 nitrogen and oxygen atoms in total. The van der Waals surface area contributed by atoms with Crippen LogP contribution in [0.5, 0.6) is 0 Å². The van der Waals surface area contributed by atoms with Gasteiger partial charge in [-0.3, -0.25) is 9.59 Å². The fourth-order valence-electron chi connectivity index (χ4n) is 1.96. The maximum atomic E-state index is 14.1. The number of aryl methyl sites for hydroxylation is 1. The Kier molecular flexibility index (Phi) is 6.92. The van der Waals surface area contributed by atoms with Gasteiger partial charge in [0, 0.05) is 17.2 Å². The predicted octanol–water partition coefficient (Wildman–Crippen LogP) is 1.00. The van der Waals surface area contributed by atoms with Crippen molar-refractivity contribution >= 4 is 51.5 Å². The number of halogens is 3. The molecule has 2 rings (SSSR count). The minimum atomic E-state index is -1.16. The normalized spacial score (nSPS) is 11.9. The molecule has 0 saturated carbocycles. The Labute approximate surface area is 166 Å². The lowest BCUT2D eigenvalue weighted by Gasteiger charge is -2.15. The van der Waals surface area contributed by atoms with Gasteiger partial charge in [-0.25, -0.2) is 9.07 Å². The molecule has 0 saturated heterocycles. The number of rotatable bonds is 6. The molecule has 140 valence electrons. The van der Waals surface area contributed by atoms with Gasteiger partial charge in [0.25, 0.3) is 11.5 Å². The number of hydrogen-bond acceptors (Lipinski definition) is 6. The third kappa shape index (κ3) is 4.69. The van der Waals surface area contributed by atoms with Crippen LogP contribution in [0.25, 0.3) is 0 Å². The first-order valence-electron chi connectivity index (χ1n) is 7.30. The number of hydrogen-bond donors (Lipinski definition) is 4. The van der Waals surface area contributed by atoms with Gasteiger partial charge in [-0.15, -0.1) is 0 Å². The highest BCUT2D eigenvalue weighted by Crippen LogP contribution is 2.27. The Hall–Kier alpha value is -1.76. The lowest BCUT2D eigenvalue weighted by molar-refractivity contribution is 0.0798. The number of aliphatic hydroxyl groups is 2. The molecule has 0 fully saturated rings. The molecule has 0 aliphatic carbocycles. The Balaban J connectivity index is 2.44. The molecular weight excluding hydrogens is 482 g/mol. The van der Waals surface area contributed by atoms with Gasteiger partial charge in [-0.1, -0.05) is 11.6 Å². The highest BCUT2D eigenvalue weighted by molar-refractivity contribution is 14.1. The van der Waals surface area contributed by atoms with Crippen molar-refractivity contribution in [3.05, 3.63) is 48.7 Å². The topological polar surface area (TPSA) is 116 Å². The monoisotopic (exact) mass is 496 g/mol. The van der Waals surface area contributed by atoms with Crippen LogP contribution in [0.3, 0.4) is 0 Å². The number of anilines is 2. The summed E-state index contributed by atoms with van der Waals surface area (Å²) in [7, 11) is 1.31. The van der Waals surface area contributed by atoms with E-state index < -0.39 is 30.0 Å². The molecule has 26 heavy (non-hydrogen) atoms. The summed E-state index contributed by atoms with van der Waals surface area (Å²) in [6, 6.07) is 4.33. The fourth-order valence-corrected chi connectivity index (χ4v) is 2.67. The number of aliphatic hydroxyl groups excluding tert-OH is 2. The van der Waals surface area contributed by atoms with Crippen LogP contribution in [0.2, 0.25) is 5.02 Å². The molecule has 1 aromatic heterocycles. The summed E-state index contributed by atoms with van der Waals surface area (Å²) in [5.74, 6) is -1.36. The highest BCUT2D eigenvalue weighted by atomic mass is 127. The molecule has 0 unspecified atom stereocenters. The summed E-state index contributed by atoms with van der Waals surface area (Å²) < 4.78 is 15.6. The van der Waals surface area contributed by atoms with E-state index in [1.54, 1.807) is 6.07 Å². The second-order valence-corrected chi connectivity index (χ2v) is 6.89. The SMILES string of the molecule is Cn1nc(C(=O)NC[C@H](O)CO)c(Nc2ccc(I)cc2F)c(Cl)c1=O. The second kappa shape index (κ2) is 8.75. The second-order valence-electron chi connectivity index (χ2n) is 5.26. The molecule has 11 heteroatoms. The van der Waals surface area contributed by atoms with Crippen molar-refractivity contribution in [1.82, 2.24) is 15.1 Å². The Morgan fingerprint density at radius 2 is 2.19 bits per heavy atom. The molecule has 2 aromatic rings. The zero-order chi connectivity index (χ0) is 19.4. The molecule has 0 spiro atoms. The van der Waals surface area contributed by atoms with Gasteiger partial charge in [0.1, 0.15) is 10.8 Å². The quantitative estimate of drug-likeness (QED) is 0.444. The summed E-state index contributed by atoms with van der Waals surface area (Å²) in [6.07, 6.45) is -1.16. The average Bonchev–Trinajstić information content (AvgIpc) is 2.61. The van der Waals surface area contributed by atoms with E-state index in [2.05, 4.69) is 15.7 Å². The van der Waals surface area contributed by atoms with Crippen molar-refractivity contribution in [2.75, 3.05) is 18.5 Å². The number of carbonyl (C=O) groups excluding carboxylic acids is 1. The summed E-state index contributed by atoms with van der Waals surface area (Å²) in [4.78, 5) is 24.4. The van der Waals surface area contributed by atoms with E-state index >= 15 is 0 Å². The number of nitrogens with one attached hydrogen (secondary N) is 2. The molecule has 1 atom stereocenters. The van der Waals surface area contributed by atoms with Gasteiger partial charge in [-0.05, 0) is 40.8 Å². The number of carbonyl (C=O) groups is 1. The molecule has 4 N–H and O–H groups in total. The van der Waals surface area contributed by atoms with Gasteiger partial charge >= 0.3 is 0 Å². The van der Waals surface area contributed by atoms with Gasteiger partial charge in [0.05, 0.1) is 24.1 Å². The molecule has 0 radical (unpaired) electrons. The highest BCUT2D eigenvalue weighted by Gasteiger charge is 2.22. The van der Waals surface area contributed by atoms with E-state index in [1.165, 1.54) is 19.2 Å². The van der Waals surface area contributed by atoms with Crippen molar-refractivity contribution < 1.29 is 19.4 Å². The van der Waals surface area contributed by atoms with E-state index in [-0.39, 0.29) is 28.6 Å². The predicted molar refractivity (Wildman–Crippen MR) is 102 cm³/mol. The van der Waals surface area contributed by atoms with Gasteiger partial charge < -0.3 is 20.8 Å². The van der Waals surface area contributed by atoms with Crippen molar-refractivity contribution in [2.45, 2.75) is 6.10 Å². The van der Waals surface area contributed by atoms with Crippen molar-refractivity contribution in [2.24, 2.45) is 7.05 Å². The lowest BCUT2D eigenvalue weighted by atomic mass is 10.2. The Morgan fingerprint density at radius 3 is 2.81 bits per heavy atom. The van der Waals surface area contributed by atoms with Crippen LogP contribution >= 0.6 is 34.2 Å². The molecule has 1 amide bonds. The fraction of sp³-hybridized carbons (Fsp3) is 0.267. The first-order chi connectivity index (χ1) is 12.2. The molecule has 0 aliphatic heterocycles. The standard InChI is InChI=1S/C15H15ClFIN4O4/c1-22-15(26)11(16)12(20-10-3-2-7(18)4-9(10)17)13(21-22)14(25)19-5-8(24)6-23/h2-4,8,20,23-24H,5-6H2,1H3,(H,19,25)/t8-/m0/s1. The van der Waals surface area contributed by atoms with E-state index in [0.717, 1.165) is 4.68 Å². The maximum Gasteiger partial charge on any atom is 0.287 e. The molecule has 1 heterocycles. The van der Waals surface area contributed by atoms with Crippen molar-refractivity contribution in [1.29, 1.82) is 0 Å². The van der Waals surface area contributed by atoms with Crippen LogP contribution in [0.15, 0.2) is 23.0 Å². The van der Waals surface area contributed by atoms with Crippen LogP contribution < -0.4 is 16.2 Å². The zero-order valence-electron chi connectivity index (χ0n) is 13.5. The third-order valence-corrected chi connectivity index (χ3v) is 4.32. The number of nitrogens with zero attached hydrogens (tertiary/aromatic N) is 2. The summed E-state index contributed by atoms with van der Waals surface area (Å²) in [6.45, 7) is -0.782. The first-order valence-corrected chi connectivity index (χ1v) is 8.76. The number of amides is 1. The van der Waals surface area contributed by atoms with Crippen LogP contribution in [-0.4, -0.2) is 45.2 Å². The molecule has 0 bridgehead atoms. The molecule has 1 aromatic carbocycles. The van der Waals surface area contributed by atoms with Crippen molar-refractivity contribution in [3.8, 4) is 0 Å². The van der Waals surface area contributed by atoms with E-state index in [0.29, 0.717) is 3.57 Å². The zero-order valence-corrected chi connectivity index (χ0v) is 16.4. The number of aromatic nitrogens is 2. The largest absolute Gasteiger partial charge is 0.394 e. The van der Waals surface area contributed by atoms with Crippen LogP contribution in [0, 0.1) is 9.39 Å². The average molecular weight is 497 g/mol. The molecular formula is C15H15ClFIN4O4. The van der Waals surface area contributed by atoms with Crippen LogP contribution in [0.1, 0.15) is 10.5 Å². The van der Waals surface area contributed by atoms with Gasteiger partial charge in [0.2, 0.25) is 0 Å². The Morgan fingerprint density at radius 1 is 1.50 bits per heavy atom. The minimum absolute atomic E-state index is 0.00631. The maximum absolute atomic E-state index is 14.1. The van der Waals surface area contributed by atoms with Gasteiger partial charge in [0.15, 0.2) is 5.69 Å². The van der Waals surface area contributed by atoms with Crippen molar-refractivity contribution in [3.63, 3.8) is 0 Å². The number of benzene rings is 1. The van der Waals surface area contributed by atoms with Crippen LogP contribution in [-0.2, 0) is 7.05 Å². The van der Waals surface area contributed by atoms with Crippen LogP contribution in [0.4, 0.5) is 15.8 Å². The minimum Gasteiger partial charge on any atom is -0.394 e. The smallest absolute Gasteiger partial charge is 0.287 e. The first kappa shape index (κ1) is 20.6. The van der Waals surface area contributed by atoms with E-state index in [1.807, 2.05) is 22.6 Å². The third-order valence-electron chi connectivity index (χ3n) is 3.30. The Bertz CT molecular complexity index is 893. The lowest BCUT2D eigenvalue weighted by Crippen LogP contribution is -2.36. The molecule has 0 aliphatic rings. The summed E-state index contributed by atoms with van der Waals surface area (Å²) in [5.41, 5.74) is -1.09. The van der Waals surface area contributed by atoms with E-state index in [9.17, 15) is 19.1 Å². The summed E-state index contributed by atoms with van der Waals surface area (Å²) in [5, 5.41) is 26.6. The van der Waals surface area contributed by atoms with Gasteiger partial charge in [-0.2, -0.15) is 5.10 Å². The summed E-state index contributed by atoms with van der Waals surface area (Å²) >= 11 is 7.98.